The highest BCUT2D eigenvalue weighted by molar-refractivity contribution is 7.90. The van der Waals surface area contributed by atoms with Gasteiger partial charge in [-0.2, -0.15) is 0 Å². The molecule has 22 heavy (non-hydrogen) atoms. The predicted octanol–water partition coefficient (Wildman–Crippen LogP) is 3.17. The van der Waals surface area contributed by atoms with E-state index in [9.17, 15) is 13.2 Å². The average molecular weight is 342 g/mol. The van der Waals surface area contributed by atoms with Crippen LogP contribution in [0, 0.1) is 0 Å². The van der Waals surface area contributed by atoms with Gasteiger partial charge >= 0.3 is 0 Å². The zero-order valence-electron chi connectivity index (χ0n) is 12.4. The summed E-state index contributed by atoms with van der Waals surface area (Å²) in [5.41, 5.74) is 0.820. The number of carbonyl (C=O) groups excluding carboxylic acids is 1. The van der Waals surface area contributed by atoms with Gasteiger partial charge in [0.2, 0.25) is 0 Å². The lowest BCUT2D eigenvalue weighted by atomic mass is 10.1. The van der Waals surface area contributed by atoms with E-state index in [0.717, 1.165) is 11.8 Å². The molecule has 0 aliphatic rings. The first kappa shape index (κ1) is 16.6. The third-order valence-electron chi connectivity index (χ3n) is 3.48. The first-order valence-corrected chi connectivity index (χ1v) is 8.79. The summed E-state index contributed by atoms with van der Waals surface area (Å²) >= 11 is 5.67. The zero-order valence-corrected chi connectivity index (χ0v) is 14.0. The Hall–Kier alpha value is -1.79. The van der Waals surface area contributed by atoms with Crippen molar-refractivity contribution in [2.24, 2.45) is 0 Å². The maximum atomic E-state index is 12.3. The minimum absolute atomic E-state index is 0.155. The van der Waals surface area contributed by atoms with Crippen LogP contribution in [0.25, 0.3) is 0 Å². The average Bonchev–Trinajstić information content (AvgIpc) is 2.90. The fourth-order valence-corrected chi connectivity index (χ4v) is 2.77. The van der Waals surface area contributed by atoms with E-state index in [-0.39, 0.29) is 27.8 Å². The van der Waals surface area contributed by atoms with E-state index in [0.29, 0.717) is 0 Å². The maximum Gasteiger partial charge on any atom is 0.289 e. The maximum absolute atomic E-state index is 12.3. The number of amides is 1. The molecular formula is C15H16ClNO4S. The van der Waals surface area contributed by atoms with Crippen LogP contribution in [0.15, 0.2) is 45.7 Å². The molecule has 1 unspecified atom stereocenters. The minimum atomic E-state index is -3.23. The molecule has 0 N–H and O–H groups in total. The fourth-order valence-electron chi connectivity index (χ4n) is 2.00. The van der Waals surface area contributed by atoms with Gasteiger partial charge in [0.15, 0.2) is 20.8 Å². The lowest BCUT2D eigenvalue weighted by Crippen LogP contribution is -2.29. The van der Waals surface area contributed by atoms with Crippen molar-refractivity contribution >= 4 is 27.3 Å². The molecule has 0 saturated carbocycles. The molecule has 0 aliphatic carbocycles. The topological polar surface area (TPSA) is 67.6 Å². The number of hydrogen-bond donors (Lipinski definition) is 0. The van der Waals surface area contributed by atoms with Crippen LogP contribution in [0.5, 0.6) is 0 Å². The lowest BCUT2D eigenvalue weighted by molar-refractivity contribution is 0.0710. The van der Waals surface area contributed by atoms with Gasteiger partial charge in [-0.15, -0.1) is 0 Å². The van der Waals surface area contributed by atoms with Gasteiger partial charge in [-0.25, -0.2) is 8.42 Å². The second-order valence-electron chi connectivity index (χ2n) is 5.04. The summed E-state index contributed by atoms with van der Waals surface area (Å²) in [7, 11) is -1.59. The quantitative estimate of drug-likeness (QED) is 0.856. The summed E-state index contributed by atoms with van der Waals surface area (Å²) in [6.45, 7) is 1.85. The monoisotopic (exact) mass is 341 g/mol. The highest BCUT2D eigenvalue weighted by Gasteiger charge is 2.21. The van der Waals surface area contributed by atoms with E-state index in [2.05, 4.69) is 0 Å². The Morgan fingerprint density at radius 1 is 1.18 bits per heavy atom. The van der Waals surface area contributed by atoms with Gasteiger partial charge in [-0.1, -0.05) is 12.1 Å². The van der Waals surface area contributed by atoms with Gasteiger partial charge in [0.1, 0.15) is 0 Å². The number of hydrogen-bond acceptors (Lipinski definition) is 4. The molecule has 1 aromatic heterocycles. The van der Waals surface area contributed by atoms with E-state index in [4.69, 9.17) is 16.0 Å². The molecular weight excluding hydrogens is 326 g/mol. The van der Waals surface area contributed by atoms with Crippen molar-refractivity contribution in [1.29, 1.82) is 0 Å². The van der Waals surface area contributed by atoms with E-state index in [1.54, 1.807) is 19.2 Å². The van der Waals surface area contributed by atoms with Crippen LogP contribution >= 0.6 is 11.6 Å². The predicted molar refractivity (Wildman–Crippen MR) is 83.8 cm³/mol. The number of benzene rings is 1. The summed E-state index contributed by atoms with van der Waals surface area (Å²) in [5, 5.41) is 0.155. The molecule has 0 spiro atoms. The molecule has 1 aromatic carbocycles. The number of furan rings is 1. The van der Waals surface area contributed by atoms with Crippen LogP contribution in [0.2, 0.25) is 5.22 Å². The fraction of sp³-hybridized carbons (Fsp3) is 0.267. The Labute approximate surface area is 134 Å². The van der Waals surface area contributed by atoms with Gasteiger partial charge in [0, 0.05) is 13.3 Å². The Balaban J connectivity index is 2.20. The van der Waals surface area contributed by atoms with Crippen LogP contribution in [-0.2, 0) is 9.84 Å². The summed E-state index contributed by atoms with van der Waals surface area (Å²) in [4.78, 5) is 14.0. The SMILES string of the molecule is CC(c1ccc(S(C)(=O)=O)cc1)N(C)C(=O)c1ccc(Cl)o1. The highest BCUT2D eigenvalue weighted by atomic mass is 35.5. The third-order valence-corrected chi connectivity index (χ3v) is 4.81. The number of nitrogens with zero attached hydrogens (tertiary/aromatic N) is 1. The highest BCUT2D eigenvalue weighted by Crippen LogP contribution is 2.23. The third kappa shape index (κ3) is 3.51. The molecule has 1 atom stereocenters. The summed E-state index contributed by atoms with van der Waals surface area (Å²) in [5.74, 6) is -0.140. The number of carbonyl (C=O) groups is 1. The van der Waals surface area contributed by atoms with Crippen molar-refractivity contribution in [3.05, 3.63) is 52.9 Å². The molecule has 118 valence electrons. The largest absolute Gasteiger partial charge is 0.440 e. The normalized spacial score (nSPS) is 12.9. The summed E-state index contributed by atoms with van der Waals surface area (Å²) in [6, 6.07) is 9.23. The molecule has 7 heteroatoms. The van der Waals surface area contributed by atoms with Gasteiger partial charge < -0.3 is 9.32 Å². The molecule has 2 aromatic rings. The molecule has 0 saturated heterocycles. The molecule has 0 aliphatic heterocycles. The van der Waals surface area contributed by atoms with Gasteiger partial charge in [-0.3, -0.25) is 4.79 Å². The van der Waals surface area contributed by atoms with E-state index in [1.165, 1.54) is 29.2 Å². The van der Waals surface area contributed by atoms with Gasteiger partial charge in [0.25, 0.3) is 5.91 Å². The molecule has 0 radical (unpaired) electrons. The van der Waals surface area contributed by atoms with Gasteiger partial charge in [-0.05, 0) is 48.4 Å². The minimum Gasteiger partial charge on any atom is -0.440 e. The lowest BCUT2D eigenvalue weighted by Gasteiger charge is -2.24. The number of sulfone groups is 1. The van der Waals surface area contributed by atoms with E-state index < -0.39 is 9.84 Å². The van der Waals surface area contributed by atoms with Crippen LogP contribution in [0.3, 0.4) is 0 Å². The first-order valence-electron chi connectivity index (χ1n) is 6.52. The molecule has 0 fully saturated rings. The van der Waals surface area contributed by atoms with Crippen LogP contribution in [0.1, 0.15) is 29.1 Å². The number of halogens is 1. The summed E-state index contributed by atoms with van der Waals surface area (Å²) < 4.78 is 28.0. The smallest absolute Gasteiger partial charge is 0.289 e. The van der Waals surface area contributed by atoms with Crippen molar-refractivity contribution in [3.8, 4) is 0 Å². The Morgan fingerprint density at radius 3 is 2.23 bits per heavy atom. The summed E-state index contributed by atoms with van der Waals surface area (Å²) in [6.07, 6.45) is 1.15. The van der Waals surface area contributed by atoms with E-state index >= 15 is 0 Å². The second-order valence-corrected chi connectivity index (χ2v) is 7.43. The molecule has 1 heterocycles. The van der Waals surface area contributed by atoms with Gasteiger partial charge in [0.05, 0.1) is 10.9 Å². The molecule has 0 bridgehead atoms. The second kappa shape index (κ2) is 6.14. The van der Waals surface area contributed by atoms with Crippen LogP contribution in [-0.4, -0.2) is 32.5 Å². The van der Waals surface area contributed by atoms with Crippen LogP contribution < -0.4 is 0 Å². The van der Waals surface area contributed by atoms with E-state index in [1.807, 2.05) is 6.92 Å². The first-order chi connectivity index (χ1) is 10.2. The van der Waals surface area contributed by atoms with Crippen molar-refractivity contribution < 1.29 is 17.6 Å². The molecule has 1 amide bonds. The Morgan fingerprint density at radius 2 is 1.77 bits per heavy atom. The number of rotatable bonds is 4. The molecule has 2 rings (SSSR count). The van der Waals surface area contributed by atoms with Crippen molar-refractivity contribution in [1.82, 2.24) is 4.90 Å². The molecule has 5 nitrogen and oxygen atoms in total. The Bertz CT molecular complexity index is 780. The zero-order chi connectivity index (χ0) is 16.5. The van der Waals surface area contributed by atoms with Crippen molar-refractivity contribution in [3.63, 3.8) is 0 Å². The standard InChI is InChI=1S/C15H16ClNO4S/c1-10(11-4-6-12(7-5-11)22(3,19)20)17(2)15(18)13-8-9-14(16)21-13/h4-10H,1-3H3. The van der Waals surface area contributed by atoms with Crippen LogP contribution in [0.4, 0.5) is 0 Å². The van der Waals surface area contributed by atoms with Crippen molar-refractivity contribution in [2.45, 2.75) is 17.9 Å². The Kier molecular flexibility index (Phi) is 4.63. The van der Waals surface area contributed by atoms with Crippen molar-refractivity contribution in [2.75, 3.05) is 13.3 Å².